The maximum atomic E-state index is 15.9. The van der Waals surface area contributed by atoms with Crippen molar-refractivity contribution >= 4 is 16.9 Å². The van der Waals surface area contributed by atoms with E-state index in [9.17, 15) is 14.7 Å². The first-order valence-electron chi connectivity index (χ1n) is 10.0. The number of H-pyrrole nitrogens is 2. The van der Waals surface area contributed by atoms with Crippen LogP contribution in [-0.4, -0.2) is 28.8 Å². The normalized spacial score (nSPS) is 26.4. The number of hydrogen-bond donors (Lipinski definition) is 3. The lowest BCUT2D eigenvalue weighted by molar-refractivity contribution is 0.0768. The number of aliphatic hydroxyl groups excluding tert-OH is 1. The third-order valence-corrected chi connectivity index (χ3v) is 7.69. The number of rotatable bonds is 4. The van der Waals surface area contributed by atoms with Crippen LogP contribution in [0.1, 0.15) is 57.9 Å². The maximum absolute atomic E-state index is 15.9. The summed E-state index contributed by atoms with van der Waals surface area (Å²) in [5, 5.41) is 9.51. The van der Waals surface area contributed by atoms with Crippen molar-refractivity contribution in [3.05, 3.63) is 59.3 Å². The van der Waals surface area contributed by atoms with E-state index in [1.807, 2.05) is 6.07 Å². The van der Waals surface area contributed by atoms with Gasteiger partial charge in [0.2, 0.25) is 0 Å². The fourth-order valence-electron chi connectivity index (χ4n) is 4.80. The van der Waals surface area contributed by atoms with Gasteiger partial charge in [0.05, 0.1) is 17.2 Å². The Hall–Kier alpha value is -2.03. The number of methoxy groups -OCH3 is 1. The summed E-state index contributed by atoms with van der Waals surface area (Å²) in [6, 6.07) is 2.03. The van der Waals surface area contributed by atoms with E-state index in [0.717, 1.165) is 42.5 Å². The molecule has 0 spiro atoms. The third kappa shape index (κ3) is 3.05. The maximum Gasteiger partial charge on any atom is 0.326 e. The van der Waals surface area contributed by atoms with E-state index in [1.54, 1.807) is 11.3 Å². The van der Waals surface area contributed by atoms with Crippen molar-refractivity contribution in [2.75, 3.05) is 13.7 Å². The zero-order valence-electron chi connectivity index (χ0n) is 16.1. The zero-order chi connectivity index (χ0) is 20.3. The van der Waals surface area contributed by atoms with E-state index >= 15 is 4.39 Å². The van der Waals surface area contributed by atoms with Gasteiger partial charge >= 0.3 is 5.69 Å². The number of allylic oxidation sites excluding steroid dienone is 1. The standard InChI is InChI=1S/C21H23FN2O4S/c1-28-19-15(13-7-11-6-9(8-25)2-5-12(11)29-13)17(22)14(10-3-4-10)16-18(19)23-21(27)24-20(16)26/h7,9-10,15,19,25H,2-6,8H2,1H3,(H2,23,24,26,27). The Kier molecular flexibility index (Phi) is 4.60. The molecule has 0 saturated heterocycles. The van der Waals surface area contributed by atoms with Gasteiger partial charge in [0, 0.05) is 29.0 Å². The molecule has 3 unspecified atom stereocenters. The Bertz CT molecular complexity index is 1110. The van der Waals surface area contributed by atoms with Crippen molar-refractivity contribution in [2.24, 2.45) is 11.8 Å². The van der Waals surface area contributed by atoms with E-state index in [1.165, 1.54) is 12.0 Å². The molecule has 5 rings (SSSR count). The van der Waals surface area contributed by atoms with Crippen molar-refractivity contribution < 1.29 is 14.2 Å². The largest absolute Gasteiger partial charge is 0.396 e. The molecule has 0 amide bonds. The lowest BCUT2D eigenvalue weighted by atomic mass is 9.81. The molecule has 1 fully saturated rings. The molecular weight excluding hydrogens is 395 g/mol. The highest BCUT2D eigenvalue weighted by molar-refractivity contribution is 7.12. The molecule has 8 heteroatoms. The van der Waals surface area contributed by atoms with Crippen molar-refractivity contribution in [3.63, 3.8) is 0 Å². The van der Waals surface area contributed by atoms with Crippen LogP contribution in [0.5, 0.6) is 0 Å². The van der Waals surface area contributed by atoms with Gasteiger partial charge < -0.3 is 14.8 Å². The van der Waals surface area contributed by atoms with Gasteiger partial charge in [0.1, 0.15) is 11.9 Å². The molecule has 154 valence electrons. The highest BCUT2D eigenvalue weighted by Crippen LogP contribution is 2.55. The minimum atomic E-state index is -0.767. The number of ether oxygens (including phenoxy) is 1. The summed E-state index contributed by atoms with van der Waals surface area (Å²) in [4.78, 5) is 31.6. The van der Waals surface area contributed by atoms with E-state index in [4.69, 9.17) is 4.74 Å². The Labute approximate surface area is 170 Å². The van der Waals surface area contributed by atoms with E-state index in [0.29, 0.717) is 11.3 Å². The van der Waals surface area contributed by atoms with Gasteiger partial charge in [-0.25, -0.2) is 9.18 Å². The molecule has 6 nitrogen and oxygen atoms in total. The van der Waals surface area contributed by atoms with Crippen LogP contribution >= 0.6 is 11.3 Å². The quantitative estimate of drug-likeness (QED) is 0.712. The zero-order valence-corrected chi connectivity index (χ0v) is 16.9. The number of hydrogen-bond acceptors (Lipinski definition) is 5. The van der Waals surface area contributed by atoms with Gasteiger partial charge in [-0.2, -0.15) is 0 Å². The molecule has 29 heavy (non-hydrogen) atoms. The summed E-state index contributed by atoms with van der Waals surface area (Å²) in [5.74, 6) is -0.743. The number of aliphatic hydroxyl groups is 1. The summed E-state index contributed by atoms with van der Waals surface area (Å²) >= 11 is 1.58. The molecule has 3 N–H and O–H groups in total. The highest BCUT2D eigenvalue weighted by atomic mass is 32.1. The van der Waals surface area contributed by atoms with Crippen LogP contribution in [0.2, 0.25) is 0 Å². The minimum Gasteiger partial charge on any atom is -0.396 e. The summed E-state index contributed by atoms with van der Waals surface area (Å²) < 4.78 is 21.6. The minimum absolute atomic E-state index is 0.00872. The van der Waals surface area contributed by atoms with Crippen LogP contribution in [-0.2, 0) is 17.6 Å². The van der Waals surface area contributed by atoms with Crippen molar-refractivity contribution in [1.82, 2.24) is 9.97 Å². The number of aromatic amines is 2. The van der Waals surface area contributed by atoms with E-state index in [2.05, 4.69) is 9.97 Å². The fourth-order valence-corrected chi connectivity index (χ4v) is 6.13. The molecule has 2 aromatic heterocycles. The van der Waals surface area contributed by atoms with Gasteiger partial charge in [-0.15, -0.1) is 11.3 Å². The number of nitrogens with one attached hydrogen (secondary N) is 2. The molecule has 2 heterocycles. The number of aryl methyl sites for hydroxylation is 1. The Morgan fingerprint density at radius 1 is 1.28 bits per heavy atom. The van der Waals surface area contributed by atoms with Crippen molar-refractivity contribution in [3.8, 4) is 0 Å². The van der Waals surface area contributed by atoms with Crippen LogP contribution in [0.25, 0.3) is 5.57 Å². The Morgan fingerprint density at radius 2 is 2.07 bits per heavy atom. The lowest BCUT2D eigenvalue weighted by Crippen LogP contribution is -2.34. The molecule has 3 aliphatic carbocycles. The first-order chi connectivity index (χ1) is 14.0. The van der Waals surface area contributed by atoms with E-state index < -0.39 is 23.3 Å². The SMILES string of the molecule is COC1c2[nH]c(=O)[nH]c(=O)c2C(C2CC2)=C(F)C1c1cc2c(s1)CCC(CO)C2. The summed E-state index contributed by atoms with van der Waals surface area (Å²) in [6.07, 6.45) is 3.51. The second-order valence-corrected chi connectivity index (χ2v) is 9.42. The molecule has 0 aromatic carbocycles. The summed E-state index contributed by atoms with van der Waals surface area (Å²) in [6.45, 7) is 0.159. The molecule has 3 aliphatic rings. The number of fused-ring (bicyclic) bond motifs is 2. The smallest absolute Gasteiger partial charge is 0.326 e. The van der Waals surface area contributed by atoms with Crippen LogP contribution < -0.4 is 11.2 Å². The summed E-state index contributed by atoms with van der Waals surface area (Å²) in [7, 11) is 1.48. The second-order valence-electron chi connectivity index (χ2n) is 8.26. The molecule has 3 atom stereocenters. The predicted octanol–water partition coefficient (Wildman–Crippen LogP) is 2.80. The number of thiophene rings is 1. The monoisotopic (exact) mass is 418 g/mol. The molecule has 0 aliphatic heterocycles. The average Bonchev–Trinajstić information content (AvgIpc) is 3.45. The molecular formula is C21H23FN2O4S. The van der Waals surface area contributed by atoms with E-state index in [-0.39, 0.29) is 29.8 Å². The van der Waals surface area contributed by atoms with Crippen molar-refractivity contribution in [1.29, 1.82) is 0 Å². The van der Waals surface area contributed by atoms with Crippen LogP contribution in [0.4, 0.5) is 4.39 Å². The van der Waals surface area contributed by atoms with Crippen LogP contribution in [0.3, 0.4) is 0 Å². The van der Waals surface area contributed by atoms with Gasteiger partial charge in [-0.05, 0) is 55.6 Å². The predicted molar refractivity (Wildman–Crippen MR) is 108 cm³/mol. The third-order valence-electron chi connectivity index (χ3n) is 6.37. The van der Waals surface area contributed by atoms with Gasteiger partial charge in [0.15, 0.2) is 0 Å². The molecule has 0 radical (unpaired) electrons. The average molecular weight is 418 g/mol. The topological polar surface area (TPSA) is 95.2 Å². The summed E-state index contributed by atoms with van der Waals surface area (Å²) in [5.41, 5.74) is 1.02. The lowest BCUT2D eigenvalue weighted by Gasteiger charge is -2.31. The van der Waals surface area contributed by atoms with Crippen LogP contribution in [0, 0.1) is 11.8 Å². The fraction of sp³-hybridized carbons (Fsp3) is 0.524. The molecule has 2 aromatic rings. The van der Waals surface area contributed by atoms with Gasteiger partial charge in [-0.3, -0.25) is 9.78 Å². The van der Waals surface area contributed by atoms with Gasteiger partial charge in [-0.1, -0.05) is 0 Å². The second kappa shape index (κ2) is 7.04. The molecule has 0 bridgehead atoms. The van der Waals surface area contributed by atoms with Gasteiger partial charge in [0.25, 0.3) is 5.56 Å². The number of halogens is 1. The number of aromatic nitrogens is 2. The Morgan fingerprint density at radius 3 is 2.76 bits per heavy atom. The highest BCUT2D eigenvalue weighted by Gasteiger charge is 2.45. The first-order valence-corrected chi connectivity index (χ1v) is 10.8. The first kappa shape index (κ1) is 19.0. The van der Waals surface area contributed by atoms with Crippen LogP contribution in [0.15, 0.2) is 21.5 Å². The molecule has 1 saturated carbocycles. The van der Waals surface area contributed by atoms with Crippen molar-refractivity contribution in [2.45, 2.75) is 44.1 Å². The Balaban J connectivity index is 1.67.